The fraction of sp³-hybridized carbons (Fsp3) is 0.0476. The molecule has 4 rings (SSSR count). The van der Waals surface area contributed by atoms with Crippen molar-refractivity contribution in [1.82, 2.24) is 10.2 Å². The molecule has 0 bridgehead atoms. The summed E-state index contributed by atoms with van der Waals surface area (Å²) in [5, 5.41) is 11.2. The summed E-state index contributed by atoms with van der Waals surface area (Å²) < 4.78 is 33.8. The summed E-state index contributed by atoms with van der Waals surface area (Å²) in [6.45, 7) is 0. The molecule has 1 heterocycles. The lowest BCUT2D eigenvalue weighted by Crippen LogP contribution is -2.14. The number of anilines is 1. The minimum atomic E-state index is -0.766. The highest BCUT2D eigenvalue weighted by Crippen LogP contribution is 2.30. The second-order valence-corrected chi connectivity index (χ2v) is 5.92. The van der Waals surface area contributed by atoms with Crippen LogP contribution in [0.4, 0.5) is 14.5 Å². The molecule has 1 N–H and O–H groups in total. The zero-order valence-electron chi connectivity index (χ0n) is 14.1. The highest BCUT2D eigenvalue weighted by molar-refractivity contribution is 5.52. The second kappa shape index (κ2) is 7.37. The van der Waals surface area contributed by atoms with Gasteiger partial charge in [-0.15, -0.1) is 10.2 Å². The van der Waals surface area contributed by atoms with E-state index in [0.29, 0.717) is 17.1 Å². The van der Waals surface area contributed by atoms with Gasteiger partial charge in [-0.3, -0.25) is 0 Å². The third kappa shape index (κ3) is 3.69. The lowest BCUT2D eigenvalue weighted by atomic mass is 10.1. The molecule has 1 aromatic heterocycles. The molecule has 0 amide bonds. The molecule has 4 nitrogen and oxygen atoms in total. The Morgan fingerprint density at radius 3 is 2.37 bits per heavy atom. The first-order valence-corrected chi connectivity index (χ1v) is 8.36. The van der Waals surface area contributed by atoms with Gasteiger partial charge in [0.05, 0.1) is 0 Å². The van der Waals surface area contributed by atoms with E-state index in [9.17, 15) is 8.78 Å². The smallest absolute Gasteiger partial charge is 0.247 e. The standard InChI is InChI=1S/C21H15F2N3O/c22-15-9-6-10-16(13-15)24-19(17-11-4-5-12-18(17)23)21-26-25-20(27-21)14-7-2-1-3-8-14/h1-13,19,24H. The second-order valence-electron chi connectivity index (χ2n) is 5.92. The lowest BCUT2D eigenvalue weighted by molar-refractivity contribution is 0.485. The number of aromatic nitrogens is 2. The van der Waals surface area contributed by atoms with Crippen LogP contribution in [-0.2, 0) is 0 Å². The van der Waals surface area contributed by atoms with Crippen molar-refractivity contribution in [2.45, 2.75) is 6.04 Å². The Kier molecular flexibility index (Phi) is 4.61. The van der Waals surface area contributed by atoms with E-state index in [1.807, 2.05) is 30.3 Å². The Hall–Kier alpha value is -3.54. The van der Waals surface area contributed by atoms with Gasteiger partial charge in [0.2, 0.25) is 11.8 Å². The van der Waals surface area contributed by atoms with E-state index in [2.05, 4.69) is 15.5 Å². The molecule has 4 aromatic rings. The van der Waals surface area contributed by atoms with Crippen LogP contribution in [0, 0.1) is 11.6 Å². The summed E-state index contributed by atoms with van der Waals surface area (Å²) in [7, 11) is 0. The predicted molar refractivity (Wildman–Crippen MR) is 98.0 cm³/mol. The van der Waals surface area contributed by atoms with Crippen molar-refractivity contribution in [1.29, 1.82) is 0 Å². The van der Waals surface area contributed by atoms with Crippen LogP contribution in [0.15, 0.2) is 83.3 Å². The van der Waals surface area contributed by atoms with Crippen LogP contribution in [0.1, 0.15) is 17.5 Å². The number of hydrogen-bond donors (Lipinski definition) is 1. The molecule has 1 unspecified atom stereocenters. The maximum atomic E-state index is 14.4. The highest BCUT2D eigenvalue weighted by atomic mass is 19.1. The van der Waals surface area contributed by atoms with Crippen molar-refractivity contribution in [3.8, 4) is 11.5 Å². The lowest BCUT2D eigenvalue weighted by Gasteiger charge is -2.17. The van der Waals surface area contributed by atoms with Gasteiger partial charge in [0.1, 0.15) is 17.7 Å². The van der Waals surface area contributed by atoms with Crippen molar-refractivity contribution in [3.63, 3.8) is 0 Å². The molecule has 0 fully saturated rings. The SMILES string of the molecule is Fc1cccc(NC(c2nnc(-c3ccccc3)o2)c2ccccc2F)c1. The van der Waals surface area contributed by atoms with E-state index >= 15 is 0 Å². The molecule has 134 valence electrons. The minimum Gasteiger partial charge on any atom is -0.418 e. The van der Waals surface area contributed by atoms with Crippen LogP contribution in [-0.4, -0.2) is 10.2 Å². The molecule has 0 radical (unpaired) electrons. The van der Waals surface area contributed by atoms with E-state index in [-0.39, 0.29) is 5.89 Å². The highest BCUT2D eigenvalue weighted by Gasteiger charge is 2.24. The first-order chi connectivity index (χ1) is 13.2. The average molecular weight is 363 g/mol. The van der Waals surface area contributed by atoms with Crippen LogP contribution in [0.25, 0.3) is 11.5 Å². The Balaban J connectivity index is 1.74. The monoisotopic (exact) mass is 363 g/mol. The Morgan fingerprint density at radius 2 is 1.59 bits per heavy atom. The average Bonchev–Trinajstić information content (AvgIpc) is 3.18. The molecule has 27 heavy (non-hydrogen) atoms. The van der Waals surface area contributed by atoms with Gasteiger partial charge in [0.15, 0.2) is 0 Å². The van der Waals surface area contributed by atoms with Gasteiger partial charge in [0, 0.05) is 16.8 Å². The quantitative estimate of drug-likeness (QED) is 0.528. The third-order valence-electron chi connectivity index (χ3n) is 4.06. The van der Waals surface area contributed by atoms with Crippen molar-refractivity contribution in [2.24, 2.45) is 0 Å². The third-order valence-corrected chi connectivity index (χ3v) is 4.06. The molecule has 0 aliphatic carbocycles. The van der Waals surface area contributed by atoms with Crippen LogP contribution in [0.2, 0.25) is 0 Å². The molecule has 0 saturated carbocycles. The first-order valence-electron chi connectivity index (χ1n) is 8.36. The van der Waals surface area contributed by atoms with Gasteiger partial charge in [-0.1, -0.05) is 42.5 Å². The van der Waals surface area contributed by atoms with Gasteiger partial charge in [-0.25, -0.2) is 8.78 Å². The van der Waals surface area contributed by atoms with Gasteiger partial charge in [-0.05, 0) is 36.4 Å². The maximum absolute atomic E-state index is 14.4. The van der Waals surface area contributed by atoms with Gasteiger partial charge < -0.3 is 9.73 Å². The Labute approximate surface area is 154 Å². The van der Waals surface area contributed by atoms with E-state index in [1.54, 1.807) is 30.3 Å². The van der Waals surface area contributed by atoms with Crippen LogP contribution in [0.5, 0.6) is 0 Å². The summed E-state index contributed by atoms with van der Waals surface area (Å²) in [5.74, 6) is -0.315. The van der Waals surface area contributed by atoms with Crippen LogP contribution in [0.3, 0.4) is 0 Å². The summed E-state index contributed by atoms with van der Waals surface area (Å²) in [6, 6.07) is 20.7. The fourth-order valence-electron chi connectivity index (χ4n) is 2.78. The van der Waals surface area contributed by atoms with E-state index in [0.717, 1.165) is 5.56 Å². The molecular formula is C21H15F2N3O. The minimum absolute atomic E-state index is 0.184. The number of rotatable bonds is 5. The molecule has 1 atom stereocenters. The van der Waals surface area contributed by atoms with E-state index in [1.165, 1.54) is 18.2 Å². The van der Waals surface area contributed by atoms with E-state index in [4.69, 9.17) is 4.42 Å². The summed E-state index contributed by atoms with van der Waals surface area (Å²) >= 11 is 0. The molecule has 0 spiro atoms. The van der Waals surface area contributed by atoms with E-state index < -0.39 is 17.7 Å². The molecule has 6 heteroatoms. The summed E-state index contributed by atoms with van der Waals surface area (Å²) in [6.07, 6.45) is 0. The predicted octanol–water partition coefficient (Wildman–Crippen LogP) is 5.22. The molecule has 0 aliphatic rings. The van der Waals surface area contributed by atoms with Gasteiger partial charge in [-0.2, -0.15) is 0 Å². The summed E-state index contributed by atoms with van der Waals surface area (Å²) in [4.78, 5) is 0. The van der Waals surface area contributed by atoms with Gasteiger partial charge in [0.25, 0.3) is 0 Å². The molecular weight excluding hydrogens is 348 g/mol. The topological polar surface area (TPSA) is 51.0 Å². The number of nitrogens with one attached hydrogen (secondary N) is 1. The largest absolute Gasteiger partial charge is 0.418 e. The van der Waals surface area contributed by atoms with Crippen molar-refractivity contribution < 1.29 is 13.2 Å². The van der Waals surface area contributed by atoms with Crippen LogP contribution < -0.4 is 5.32 Å². The Bertz CT molecular complexity index is 1050. The van der Waals surface area contributed by atoms with Crippen LogP contribution >= 0.6 is 0 Å². The number of halogens is 2. The molecule has 3 aromatic carbocycles. The number of nitrogens with zero attached hydrogens (tertiary/aromatic N) is 2. The first kappa shape index (κ1) is 16.9. The van der Waals surface area contributed by atoms with Gasteiger partial charge >= 0.3 is 0 Å². The zero-order valence-corrected chi connectivity index (χ0v) is 14.1. The fourth-order valence-corrected chi connectivity index (χ4v) is 2.78. The number of benzene rings is 3. The van der Waals surface area contributed by atoms with Crippen molar-refractivity contribution >= 4 is 5.69 Å². The van der Waals surface area contributed by atoms with Crippen molar-refractivity contribution in [3.05, 3.63) is 102 Å². The maximum Gasteiger partial charge on any atom is 0.247 e. The number of hydrogen-bond acceptors (Lipinski definition) is 4. The van der Waals surface area contributed by atoms with Crippen molar-refractivity contribution in [2.75, 3.05) is 5.32 Å². The summed E-state index contributed by atoms with van der Waals surface area (Å²) in [5.41, 5.74) is 1.56. The zero-order chi connectivity index (χ0) is 18.6. The normalized spacial score (nSPS) is 11.9. The Morgan fingerprint density at radius 1 is 0.815 bits per heavy atom. The molecule has 0 aliphatic heterocycles. The molecule has 0 saturated heterocycles.